The fraction of sp³-hybridized carbons (Fsp3) is 0.125. The smallest absolute Gasteiger partial charge is 0.251 e. The summed E-state index contributed by atoms with van der Waals surface area (Å²) in [6.45, 7) is 1.37. The van der Waals surface area contributed by atoms with E-state index in [4.69, 9.17) is 11.6 Å². The molecule has 31 heavy (non-hydrogen) atoms. The molecule has 0 radical (unpaired) electrons. The molecule has 2 heterocycles. The number of halogens is 1. The molecule has 4 aromatic rings. The van der Waals surface area contributed by atoms with Gasteiger partial charge >= 0.3 is 0 Å². The second-order valence-corrected chi connectivity index (χ2v) is 7.29. The molecule has 154 valence electrons. The summed E-state index contributed by atoms with van der Waals surface area (Å²) in [6.07, 6.45) is 9.77. The summed E-state index contributed by atoms with van der Waals surface area (Å²) in [6, 6.07) is 14.6. The van der Waals surface area contributed by atoms with Crippen LogP contribution in [0.15, 0.2) is 79.6 Å². The van der Waals surface area contributed by atoms with Crippen LogP contribution in [0.2, 0.25) is 5.02 Å². The van der Waals surface area contributed by atoms with Crippen molar-refractivity contribution >= 4 is 17.5 Å². The minimum atomic E-state index is -0.136. The van der Waals surface area contributed by atoms with E-state index in [9.17, 15) is 4.79 Å². The highest BCUT2D eigenvalue weighted by atomic mass is 35.5. The van der Waals surface area contributed by atoms with Crippen molar-refractivity contribution in [2.75, 3.05) is 6.54 Å². The molecule has 0 spiro atoms. The number of hydrogen-bond donors (Lipinski definition) is 1. The van der Waals surface area contributed by atoms with Crippen molar-refractivity contribution in [2.24, 2.45) is 0 Å². The Morgan fingerprint density at radius 3 is 2.77 bits per heavy atom. The average molecular weight is 430 g/mol. The molecule has 7 heteroatoms. The lowest BCUT2D eigenvalue weighted by atomic mass is 10.1. The van der Waals surface area contributed by atoms with E-state index in [1.165, 1.54) is 0 Å². The molecule has 0 bridgehead atoms. The van der Waals surface area contributed by atoms with E-state index >= 15 is 0 Å². The number of rotatable bonds is 6. The Bertz CT molecular complexity index is 1220. The van der Waals surface area contributed by atoms with Crippen molar-refractivity contribution in [3.05, 3.63) is 101 Å². The summed E-state index contributed by atoms with van der Waals surface area (Å²) in [5.41, 5.74) is 2.85. The first-order valence-corrected chi connectivity index (χ1v) is 10.2. The fourth-order valence-corrected chi connectivity index (χ4v) is 3.27. The third-order valence-corrected chi connectivity index (χ3v) is 4.85. The summed E-state index contributed by atoms with van der Waals surface area (Å²) in [5, 5.41) is 7.89. The van der Waals surface area contributed by atoms with Gasteiger partial charge in [0.25, 0.3) is 5.91 Å². The number of carbonyl (C=O) groups is 1. The van der Waals surface area contributed by atoms with Crippen LogP contribution in [-0.4, -0.2) is 31.8 Å². The molecule has 6 nitrogen and oxygen atoms in total. The van der Waals surface area contributed by atoms with Crippen molar-refractivity contribution in [1.29, 1.82) is 0 Å². The Labute approximate surface area is 185 Å². The molecule has 0 aliphatic heterocycles. The molecule has 0 aliphatic rings. The number of nitrogens with one attached hydrogen (secondary N) is 1. The van der Waals surface area contributed by atoms with E-state index in [0.29, 0.717) is 22.7 Å². The molecule has 4 rings (SSSR count). The second-order valence-electron chi connectivity index (χ2n) is 6.85. The van der Waals surface area contributed by atoms with Gasteiger partial charge in [0, 0.05) is 54.0 Å². The molecule has 1 N–H and O–H groups in total. The Morgan fingerprint density at radius 1 is 1.06 bits per heavy atom. The molecule has 0 unspecified atom stereocenters. The zero-order chi connectivity index (χ0) is 21.5. The fourth-order valence-electron chi connectivity index (χ4n) is 3.08. The van der Waals surface area contributed by atoms with Crippen molar-refractivity contribution in [3.8, 4) is 17.5 Å². The first-order chi connectivity index (χ1) is 15.2. The van der Waals surface area contributed by atoms with Crippen molar-refractivity contribution in [3.63, 3.8) is 0 Å². The first-order valence-electron chi connectivity index (χ1n) is 9.85. The van der Waals surface area contributed by atoms with Crippen molar-refractivity contribution in [1.82, 2.24) is 24.6 Å². The van der Waals surface area contributed by atoms with Gasteiger partial charge in [0.2, 0.25) is 0 Å². The van der Waals surface area contributed by atoms with Gasteiger partial charge in [-0.05, 0) is 48.9 Å². The molecule has 0 atom stereocenters. The van der Waals surface area contributed by atoms with Gasteiger partial charge in [0.1, 0.15) is 0 Å². The average Bonchev–Trinajstić information content (AvgIpc) is 3.49. The lowest BCUT2D eigenvalue weighted by Crippen LogP contribution is -2.25. The Hall–Kier alpha value is -3.82. The molecule has 0 aliphatic carbocycles. The Kier molecular flexibility index (Phi) is 6.46. The summed E-state index contributed by atoms with van der Waals surface area (Å²) >= 11 is 6.06. The maximum absolute atomic E-state index is 12.7. The molecular formula is C24H20ClN5O. The first kappa shape index (κ1) is 20.5. The highest BCUT2D eigenvalue weighted by Crippen LogP contribution is 2.16. The van der Waals surface area contributed by atoms with E-state index in [1.807, 2.05) is 41.2 Å². The largest absolute Gasteiger partial charge is 0.352 e. The monoisotopic (exact) mass is 429 g/mol. The number of aryl methyl sites for hydroxylation is 1. The SMILES string of the molecule is O=C(NCCCn1ccnc1)c1ccc(-n2cccn2)c(C#Cc2cccc(Cl)c2)c1. The second kappa shape index (κ2) is 9.79. The van der Waals surface area contributed by atoms with Crippen LogP contribution in [0.5, 0.6) is 0 Å². The lowest BCUT2D eigenvalue weighted by molar-refractivity contribution is 0.0952. The van der Waals surface area contributed by atoms with Crippen LogP contribution in [0.25, 0.3) is 5.69 Å². The van der Waals surface area contributed by atoms with Crippen molar-refractivity contribution < 1.29 is 4.79 Å². The van der Waals surface area contributed by atoms with Gasteiger partial charge in [-0.2, -0.15) is 5.10 Å². The Balaban J connectivity index is 1.52. The van der Waals surface area contributed by atoms with Crippen LogP contribution in [0.4, 0.5) is 0 Å². The number of hydrogen-bond acceptors (Lipinski definition) is 3. The zero-order valence-corrected chi connectivity index (χ0v) is 17.5. The predicted octanol–water partition coefficient (Wildman–Crippen LogP) is 3.94. The van der Waals surface area contributed by atoms with Gasteiger partial charge in [0.15, 0.2) is 0 Å². The van der Waals surface area contributed by atoms with Gasteiger partial charge in [-0.15, -0.1) is 0 Å². The van der Waals surface area contributed by atoms with Gasteiger partial charge in [-0.1, -0.05) is 29.5 Å². The molecule has 0 saturated heterocycles. The summed E-state index contributed by atoms with van der Waals surface area (Å²) < 4.78 is 3.71. The highest BCUT2D eigenvalue weighted by molar-refractivity contribution is 6.30. The molecule has 2 aromatic carbocycles. The van der Waals surface area contributed by atoms with Crippen LogP contribution >= 0.6 is 11.6 Å². The molecular weight excluding hydrogens is 410 g/mol. The van der Waals surface area contributed by atoms with E-state index in [1.54, 1.807) is 47.7 Å². The molecule has 0 saturated carbocycles. The van der Waals surface area contributed by atoms with E-state index in [-0.39, 0.29) is 5.91 Å². The highest BCUT2D eigenvalue weighted by Gasteiger charge is 2.10. The molecule has 2 aromatic heterocycles. The normalized spacial score (nSPS) is 10.4. The zero-order valence-electron chi connectivity index (χ0n) is 16.7. The summed E-state index contributed by atoms with van der Waals surface area (Å²) in [4.78, 5) is 16.7. The number of nitrogens with zero attached hydrogens (tertiary/aromatic N) is 4. The summed E-state index contributed by atoms with van der Waals surface area (Å²) in [7, 11) is 0. The van der Waals surface area contributed by atoms with E-state index < -0.39 is 0 Å². The third kappa shape index (κ3) is 5.41. The minimum absolute atomic E-state index is 0.136. The third-order valence-electron chi connectivity index (χ3n) is 4.61. The minimum Gasteiger partial charge on any atom is -0.352 e. The number of imidazole rings is 1. The van der Waals surface area contributed by atoms with Crippen LogP contribution < -0.4 is 5.32 Å². The van der Waals surface area contributed by atoms with Crippen molar-refractivity contribution in [2.45, 2.75) is 13.0 Å². The topological polar surface area (TPSA) is 64.7 Å². The van der Waals surface area contributed by atoms with Crippen LogP contribution in [0, 0.1) is 11.8 Å². The quantitative estimate of drug-likeness (QED) is 0.373. The maximum Gasteiger partial charge on any atom is 0.251 e. The van der Waals surface area contributed by atoms with Crippen LogP contribution in [0.3, 0.4) is 0 Å². The van der Waals surface area contributed by atoms with E-state index in [0.717, 1.165) is 24.2 Å². The van der Waals surface area contributed by atoms with Gasteiger partial charge < -0.3 is 9.88 Å². The number of benzene rings is 2. The Morgan fingerprint density at radius 2 is 2.00 bits per heavy atom. The number of amides is 1. The summed E-state index contributed by atoms with van der Waals surface area (Å²) in [5.74, 6) is 6.15. The van der Waals surface area contributed by atoms with Gasteiger partial charge in [-0.25, -0.2) is 9.67 Å². The lowest BCUT2D eigenvalue weighted by Gasteiger charge is -2.09. The van der Waals surface area contributed by atoms with E-state index in [2.05, 4.69) is 27.2 Å². The molecule has 1 amide bonds. The molecule has 0 fully saturated rings. The maximum atomic E-state index is 12.7. The standard InChI is InChI=1S/C24H20ClN5O/c25-22-5-1-4-19(16-22)6-7-20-17-21(8-9-23(20)30-14-3-11-28-30)24(31)27-10-2-13-29-15-12-26-18-29/h1,3-5,8-9,11-12,14-18H,2,10,13H2,(H,27,31). The van der Waals surface area contributed by atoms with Gasteiger partial charge in [-0.3, -0.25) is 4.79 Å². The number of aromatic nitrogens is 4. The van der Waals surface area contributed by atoms with Crippen LogP contribution in [-0.2, 0) is 6.54 Å². The number of carbonyl (C=O) groups excluding carboxylic acids is 1. The van der Waals surface area contributed by atoms with Gasteiger partial charge in [0.05, 0.1) is 17.6 Å². The predicted molar refractivity (Wildman–Crippen MR) is 120 cm³/mol. The van der Waals surface area contributed by atoms with Crippen LogP contribution in [0.1, 0.15) is 27.9 Å².